The van der Waals surface area contributed by atoms with Crippen LogP contribution in [0.2, 0.25) is 0 Å². The maximum Gasteiger partial charge on any atom is 0.416 e. The molecule has 98 valence electrons. The summed E-state index contributed by atoms with van der Waals surface area (Å²) >= 11 is 0. The third kappa shape index (κ3) is 2.99. The predicted octanol–water partition coefficient (Wildman–Crippen LogP) is 2.64. The summed E-state index contributed by atoms with van der Waals surface area (Å²) in [5.74, 6) is 0.457. The number of rotatable bonds is 2. The smallest absolute Gasteiger partial charge is 0.338 e. The summed E-state index contributed by atoms with van der Waals surface area (Å²) in [7, 11) is 0. The molecule has 0 unspecified atom stereocenters. The lowest BCUT2D eigenvalue weighted by Gasteiger charge is -2.05. The van der Waals surface area contributed by atoms with Crippen molar-refractivity contribution >= 4 is 12.4 Å². The first-order valence-electron chi connectivity index (χ1n) is 4.71. The number of nitrogens with two attached hydrogens (primary N) is 1. The number of alkyl halides is 3. The van der Waals surface area contributed by atoms with Crippen LogP contribution >= 0.6 is 12.4 Å². The van der Waals surface area contributed by atoms with Crippen LogP contribution in [0.25, 0.3) is 11.4 Å². The van der Waals surface area contributed by atoms with Crippen molar-refractivity contribution in [3.05, 3.63) is 35.7 Å². The van der Waals surface area contributed by atoms with Gasteiger partial charge in [-0.05, 0) is 12.1 Å². The molecule has 0 fully saturated rings. The Hall–Kier alpha value is -1.60. The first kappa shape index (κ1) is 14.5. The summed E-state index contributed by atoms with van der Waals surface area (Å²) in [6.45, 7) is 0.0909. The van der Waals surface area contributed by atoms with E-state index in [1.54, 1.807) is 0 Å². The van der Waals surface area contributed by atoms with Crippen LogP contribution in [0.15, 0.2) is 28.8 Å². The lowest BCUT2D eigenvalue weighted by atomic mass is 10.1. The van der Waals surface area contributed by atoms with Gasteiger partial charge in [-0.2, -0.15) is 18.2 Å². The maximum atomic E-state index is 12.3. The van der Waals surface area contributed by atoms with E-state index in [2.05, 4.69) is 10.1 Å². The Morgan fingerprint density at radius 3 is 2.22 bits per heavy atom. The van der Waals surface area contributed by atoms with E-state index in [4.69, 9.17) is 10.3 Å². The van der Waals surface area contributed by atoms with Crippen molar-refractivity contribution in [1.29, 1.82) is 0 Å². The van der Waals surface area contributed by atoms with Crippen LogP contribution in [0.1, 0.15) is 11.5 Å². The second kappa shape index (κ2) is 5.36. The SMILES string of the molecule is Cl.NCc1nc(-c2ccc(C(F)(F)F)cc2)no1. The summed E-state index contributed by atoms with van der Waals surface area (Å²) in [6.07, 6.45) is -4.35. The van der Waals surface area contributed by atoms with Crippen molar-refractivity contribution in [3.63, 3.8) is 0 Å². The van der Waals surface area contributed by atoms with Gasteiger partial charge in [0.05, 0.1) is 12.1 Å². The Balaban J connectivity index is 0.00000162. The van der Waals surface area contributed by atoms with Crippen LogP contribution < -0.4 is 5.73 Å². The quantitative estimate of drug-likeness (QED) is 0.918. The molecule has 8 heteroatoms. The number of hydrogen-bond donors (Lipinski definition) is 1. The molecule has 1 aromatic carbocycles. The van der Waals surface area contributed by atoms with Crippen molar-refractivity contribution in [2.24, 2.45) is 5.73 Å². The minimum absolute atomic E-state index is 0. The van der Waals surface area contributed by atoms with Crippen LogP contribution in [0.5, 0.6) is 0 Å². The molecule has 0 saturated carbocycles. The molecule has 0 saturated heterocycles. The Morgan fingerprint density at radius 1 is 1.17 bits per heavy atom. The van der Waals surface area contributed by atoms with Gasteiger partial charge >= 0.3 is 6.18 Å². The van der Waals surface area contributed by atoms with Gasteiger partial charge in [-0.1, -0.05) is 17.3 Å². The second-order valence-electron chi connectivity index (χ2n) is 3.29. The van der Waals surface area contributed by atoms with Crippen LogP contribution in [0.4, 0.5) is 13.2 Å². The summed E-state index contributed by atoms with van der Waals surface area (Å²) < 4.78 is 41.7. The average molecular weight is 280 g/mol. The number of aromatic nitrogens is 2. The van der Waals surface area contributed by atoms with Crippen LogP contribution in [0, 0.1) is 0 Å². The lowest BCUT2D eigenvalue weighted by Crippen LogP contribution is -2.04. The highest BCUT2D eigenvalue weighted by Gasteiger charge is 2.30. The molecule has 0 bridgehead atoms. The minimum atomic E-state index is -4.35. The molecule has 0 aliphatic rings. The number of halogens is 4. The van der Waals surface area contributed by atoms with E-state index in [0.717, 1.165) is 12.1 Å². The molecular weight excluding hydrogens is 271 g/mol. The molecule has 1 heterocycles. The van der Waals surface area contributed by atoms with E-state index < -0.39 is 11.7 Å². The van der Waals surface area contributed by atoms with Gasteiger partial charge in [-0.3, -0.25) is 0 Å². The third-order valence-electron chi connectivity index (χ3n) is 2.11. The first-order chi connectivity index (χ1) is 8.00. The zero-order valence-electron chi connectivity index (χ0n) is 8.94. The fraction of sp³-hybridized carbons (Fsp3) is 0.200. The minimum Gasteiger partial charge on any atom is -0.338 e. The molecule has 4 nitrogen and oxygen atoms in total. The first-order valence-corrected chi connectivity index (χ1v) is 4.71. The third-order valence-corrected chi connectivity index (χ3v) is 2.11. The van der Waals surface area contributed by atoms with E-state index >= 15 is 0 Å². The van der Waals surface area contributed by atoms with Gasteiger partial charge in [-0.15, -0.1) is 12.4 Å². The molecular formula is C10H9ClF3N3O. The average Bonchev–Trinajstić information content (AvgIpc) is 2.76. The largest absolute Gasteiger partial charge is 0.416 e. The van der Waals surface area contributed by atoms with Crippen LogP contribution in [0.3, 0.4) is 0 Å². The van der Waals surface area contributed by atoms with Crippen LogP contribution in [-0.4, -0.2) is 10.1 Å². The highest BCUT2D eigenvalue weighted by atomic mass is 35.5. The van der Waals surface area contributed by atoms with E-state index in [0.29, 0.717) is 5.56 Å². The normalized spacial score (nSPS) is 11.1. The Labute approximate surface area is 106 Å². The predicted molar refractivity (Wildman–Crippen MR) is 59.9 cm³/mol. The van der Waals surface area contributed by atoms with Gasteiger partial charge in [0, 0.05) is 5.56 Å². The molecule has 0 radical (unpaired) electrons. The maximum absolute atomic E-state index is 12.3. The standard InChI is InChI=1S/C10H8F3N3O.ClH/c11-10(12,13)7-3-1-6(2-4-7)9-15-8(5-14)17-16-9;/h1-4H,5,14H2;1H. The molecule has 2 rings (SSSR count). The van der Waals surface area contributed by atoms with Gasteiger partial charge in [0.1, 0.15) is 0 Å². The Morgan fingerprint density at radius 2 is 1.78 bits per heavy atom. The van der Waals surface area contributed by atoms with E-state index in [1.807, 2.05) is 0 Å². The lowest BCUT2D eigenvalue weighted by molar-refractivity contribution is -0.137. The van der Waals surface area contributed by atoms with E-state index in [1.165, 1.54) is 12.1 Å². The summed E-state index contributed by atoms with van der Waals surface area (Å²) in [4.78, 5) is 3.91. The number of hydrogen-bond acceptors (Lipinski definition) is 4. The monoisotopic (exact) mass is 279 g/mol. The molecule has 0 amide bonds. The summed E-state index contributed by atoms with van der Waals surface area (Å²) in [5, 5.41) is 3.60. The van der Waals surface area contributed by atoms with Gasteiger partial charge < -0.3 is 10.3 Å². The zero-order valence-corrected chi connectivity index (χ0v) is 9.76. The Kier molecular flexibility index (Phi) is 4.31. The van der Waals surface area contributed by atoms with Crippen molar-refractivity contribution < 1.29 is 17.7 Å². The van der Waals surface area contributed by atoms with Crippen LogP contribution in [-0.2, 0) is 12.7 Å². The molecule has 0 atom stereocenters. The summed E-state index contributed by atoms with van der Waals surface area (Å²) in [6, 6.07) is 4.50. The van der Waals surface area contributed by atoms with Gasteiger partial charge in [0.15, 0.2) is 0 Å². The molecule has 2 N–H and O–H groups in total. The fourth-order valence-corrected chi connectivity index (χ4v) is 1.26. The summed E-state index contributed by atoms with van der Waals surface area (Å²) in [5.41, 5.74) is 5.00. The van der Waals surface area contributed by atoms with Crippen molar-refractivity contribution in [2.75, 3.05) is 0 Å². The second-order valence-corrected chi connectivity index (χ2v) is 3.29. The number of nitrogens with zero attached hydrogens (tertiary/aromatic N) is 2. The van der Waals surface area contributed by atoms with Gasteiger partial charge in [-0.25, -0.2) is 0 Å². The van der Waals surface area contributed by atoms with Crippen molar-refractivity contribution in [1.82, 2.24) is 10.1 Å². The highest BCUT2D eigenvalue weighted by Crippen LogP contribution is 2.30. The van der Waals surface area contributed by atoms with Crippen molar-refractivity contribution in [2.45, 2.75) is 12.7 Å². The molecule has 0 aliphatic carbocycles. The highest BCUT2D eigenvalue weighted by molar-refractivity contribution is 5.85. The molecule has 0 spiro atoms. The van der Waals surface area contributed by atoms with E-state index in [-0.39, 0.29) is 30.7 Å². The molecule has 18 heavy (non-hydrogen) atoms. The molecule has 0 aliphatic heterocycles. The van der Waals surface area contributed by atoms with Crippen molar-refractivity contribution in [3.8, 4) is 11.4 Å². The Bertz CT molecular complexity index is 510. The van der Waals surface area contributed by atoms with Gasteiger partial charge in [0.25, 0.3) is 0 Å². The topological polar surface area (TPSA) is 64.9 Å². The van der Waals surface area contributed by atoms with E-state index in [9.17, 15) is 13.2 Å². The molecule has 2 aromatic rings. The fourth-order valence-electron chi connectivity index (χ4n) is 1.26. The number of benzene rings is 1. The van der Waals surface area contributed by atoms with Gasteiger partial charge in [0.2, 0.25) is 11.7 Å². The zero-order chi connectivity index (χ0) is 12.5. The molecule has 1 aromatic heterocycles.